The second-order valence-electron chi connectivity index (χ2n) is 11.2. The number of amides is 2. The Morgan fingerprint density at radius 1 is 1.14 bits per heavy atom. The van der Waals surface area contributed by atoms with Gasteiger partial charge in [0, 0.05) is 24.7 Å². The fraction of sp³-hybridized carbons (Fsp3) is 0.654. The molecule has 11 heteroatoms. The molecule has 202 valence electrons. The predicted molar refractivity (Wildman–Crippen MR) is 126 cm³/mol. The molecule has 2 atom stereocenters. The van der Waals surface area contributed by atoms with E-state index in [1.54, 1.807) is 25.1 Å². The summed E-state index contributed by atoms with van der Waals surface area (Å²) in [5.74, 6) is -2.47. The highest BCUT2D eigenvalue weighted by atomic mass is 19.4. The van der Waals surface area contributed by atoms with Crippen LogP contribution in [-0.4, -0.2) is 33.9 Å². The molecule has 0 radical (unpaired) electrons. The number of benzene rings is 1. The number of aromatic amines is 1. The number of carbonyl (C=O) groups is 2. The average Bonchev–Trinajstić information content (AvgIpc) is 3.17. The third-order valence-electron chi connectivity index (χ3n) is 8.37. The van der Waals surface area contributed by atoms with Crippen molar-refractivity contribution >= 4 is 22.8 Å². The first-order valence-corrected chi connectivity index (χ1v) is 12.9. The number of fused-ring (bicyclic) bond motifs is 1. The maximum absolute atomic E-state index is 13.9. The summed E-state index contributed by atoms with van der Waals surface area (Å²) in [4.78, 5) is 32.9. The quantitative estimate of drug-likeness (QED) is 0.376. The maximum atomic E-state index is 13.9. The van der Waals surface area contributed by atoms with Crippen LogP contribution in [0, 0.1) is 17.3 Å². The summed E-state index contributed by atoms with van der Waals surface area (Å²) in [6, 6.07) is 4.18. The molecule has 0 aliphatic heterocycles. The van der Waals surface area contributed by atoms with Crippen molar-refractivity contribution in [3.63, 3.8) is 0 Å². The van der Waals surface area contributed by atoms with Crippen molar-refractivity contribution in [2.45, 2.75) is 88.9 Å². The normalized spacial score (nSPS) is 26.6. The molecule has 2 aromatic rings. The van der Waals surface area contributed by atoms with Crippen LogP contribution < -0.4 is 10.6 Å². The first kappa shape index (κ1) is 25.9. The lowest BCUT2D eigenvalue weighted by atomic mass is 9.44. The Labute approximate surface area is 211 Å². The van der Waals surface area contributed by atoms with Gasteiger partial charge in [0.1, 0.15) is 5.82 Å². The van der Waals surface area contributed by atoms with E-state index in [-0.39, 0.29) is 42.9 Å². The molecule has 2 bridgehead atoms. The summed E-state index contributed by atoms with van der Waals surface area (Å²) in [5.41, 5.74) is 1.60. The Morgan fingerprint density at radius 3 is 2.41 bits per heavy atom. The van der Waals surface area contributed by atoms with E-state index in [4.69, 9.17) is 0 Å². The van der Waals surface area contributed by atoms with Gasteiger partial charge in [-0.25, -0.2) is 13.8 Å². The van der Waals surface area contributed by atoms with Crippen LogP contribution in [0.25, 0.3) is 11.0 Å². The van der Waals surface area contributed by atoms with Crippen molar-refractivity contribution in [2.75, 3.05) is 0 Å². The molecule has 6 rings (SSSR count). The Kier molecular flexibility index (Phi) is 6.47. The van der Waals surface area contributed by atoms with Crippen LogP contribution in [0.5, 0.6) is 0 Å². The monoisotopic (exact) mass is 526 g/mol. The summed E-state index contributed by atoms with van der Waals surface area (Å²) in [6.07, 6.45) is -3.50. The minimum absolute atomic E-state index is 0.0336. The second-order valence-corrected chi connectivity index (χ2v) is 11.2. The summed E-state index contributed by atoms with van der Waals surface area (Å²) in [7, 11) is 0. The van der Waals surface area contributed by atoms with Crippen LogP contribution in [0.1, 0.15) is 88.2 Å². The van der Waals surface area contributed by atoms with Crippen LogP contribution in [0.15, 0.2) is 18.2 Å². The first-order chi connectivity index (χ1) is 17.3. The zero-order chi connectivity index (χ0) is 26.6. The Morgan fingerprint density at radius 2 is 1.81 bits per heavy atom. The molecule has 0 spiro atoms. The van der Waals surface area contributed by atoms with Crippen molar-refractivity contribution in [2.24, 2.45) is 17.3 Å². The number of H-pyrrole nitrogens is 1. The maximum Gasteiger partial charge on any atom is 0.389 e. The summed E-state index contributed by atoms with van der Waals surface area (Å²) in [6.45, 7) is 1.68. The van der Waals surface area contributed by atoms with Gasteiger partial charge in [0.25, 0.3) is 0 Å². The summed E-state index contributed by atoms with van der Waals surface area (Å²) in [5, 5.41) is 5.72. The highest BCUT2D eigenvalue weighted by molar-refractivity contribution is 5.86. The topological polar surface area (TPSA) is 86.9 Å². The summed E-state index contributed by atoms with van der Waals surface area (Å²) >= 11 is 0. The zero-order valence-corrected chi connectivity index (χ0v) is 20.6. The van der Waals surface area contributed by atoms with Gasteiger partial charge in [-0.2, -0.15) is 13.2 Å². The van der Waals surface area contributed by atoms with Crippen LogP contribution in [-0.2, 0) is 9.59 Å². The van der Waals surface area contributed by atoms with Crippen molar-refractivity contribution in [1.82, 2.24) is 20.6 Å². The number of carbonyl (C=O) groups excluding carboxylic acids is 2. The van der Waals surface area contributed by atoms with E-state index < -0.39 is 42.9 Å². The molecule has 1 aromatic heterocycles. The van der Waals surface area contributed by atoms with Crippen LogP contribution in [0.4, 0.5) is 22.0 Å². The molecule has 0 unspecified atom stereocenters. The molecule has 4 saturated carbocycles. The molecule has 4 aliphatic rings. The van der Waals surface area contributed by atoms with Gasteiger partial charge in [0.05, 0.1) is 29.5 Å². The number of alkyl halides is 5. The third kappa shape index (κ3) is 5.45. The van der Waals surface area contributed by atoms with E-state index in [1.165, 1.54) is 0 Å². The Bertz CT molecular complexity index is 1170. The highest BCUT2D eigenvalue weighted by Gasteiger charge is 2.61. The van der Waals surface area contributed by atoms with Crippen LogP contribution in [0.2, 0.25) is 0 Å². The van der Waals surface area contributed by atoms with Crippen molar-refractivity contribution < 1.29 is 31.5 Å². The molecule has 4 fully saturated rings. The van der Waals surface area contributed by atoms with Gasteiger partial charge in [0.15, 0.2) is 0 Å². The molecule has 3 N–H and O–H groups in total. The third-order valence-corrected chi connectivity index (χ3v) is 8.37. The molecular weight excluding hydrogens is 495 g/mol. The molecule has 2 amide bonds. The number of hydrogen-bond donors (Lipinski definition) is 3. The highest BCUT2D eigenvalue weighted by Crippen LogP contribution is 2.64. The molecule has 6 nitrogen and oxygen atoms in total. The molecule has 1 heterocycles. The molecule has 4 aliphatic carbocycles. The minimum Gasteiger partial charge on any atom is -0.350 e. The van der Waals surface area contributed by atoms with Gasteiger partial charge in [-0.15, -0.1) is 0 Å². The van der Waals surface area contributed by atoms with Gasteiger partial charge < -0.3 is 15.6 Å². The van der Waals surface area contributed by atoms with Crippen LogP contribution in [0.3, 0.4) is 0 Å². The minimum atomic E-state index is -4.40. The largest absolute Gasteiger partial charge is 0.389 e. The molecular formula is C26H31F5N4O2. The lowest BCUT2D eigenvalue weighted by molar-refractivity contribution is -0.166. The van der Waals surface area contributed by atoms with Gasteiger partial charge >= 0.3 is 6.18 Å². The standard InChI is InChI=1S/C26H31F5N4O2/c1-14(32-20(36)6-9-26(29,30)31)17-2-3-18-19(10-17)34-22(33-18)21(16-4-7-25(27,28)8-5-16)35-23(37)24-11-15(12-24)13-24/h2-3,10,14-16,21H,4-9,11-13H2,1H3,(H,32,36)(H,33,34)(H,35,37)/t14-,15?,21+,24?/m1/s1. The SMILES string of the molecule is C[C@@H](NC(=O)CCC(F)(F)F)c1ccc2nc([C@@H](NC(=O)C34CC(C3)C4)C3CCC(F)(F)CC3)[nH]c2c1. The van der Waals surface area contributed by atoms with Crippen molar-refractivity contribution in [1.29, 1.82) is 0 Å². The van der Waals surface area contributed by atoms with E-state index in [0.29, 0.717) is 28.3 Å². The first-order valence-electron chi connectivity index (χ1n) is 12.9. The number of imidazole rings is 1. The number of nitrogens with zero attached hydrogens (tertiary/aromatic N) is 1. The lowest BCUT2D eigenvalue weighted by Crippen LogP contribution is -2.61. The van der Waals surface area contributed by atoms with Crippen molar-refractivity contribution in [3.05, 3.63) is 29.6 Å². The number of aromatic nitrogens is 2. The summed E-state index contributed by atoms with van der Waals surface area (Å²) < 4.78 is 64.9. The van der Waals surface area contributed by atoms with E-state index in [2.05, 4.69) is 20.6 Å². The number of nitrogens with one attached hydrogen (secondary N) is 3. The fourth-order valence-electron chi connectivity index (χ4n) is 5.97. The van der Waals surface area contributed by atoms with E-state index in [9.17, 15) is 31.5 Å². The number of rotatable bonds is 8. The zero-order valence-electron chi connectivity index (χ0n) is 20.6. The van der Waals surface area contributed by atoms with Crippen LogP contribution >= 0.6 is 0 Å². The van der Waals surface area contributed by atoms with Gasteiger partial charge in [-0.3, -0.25) is 9.59 Å². The lowest BCUT2D eigenvalue weighted by Gasteiger charge is -2.60. The van der Waals surface area contributed by atoms with E-state index >= 15 is 0 Å². The van der Waals surface area contributed by atoms with Crippen molar-refractivity contribution in [3.8, 4) is 0 Å². The fourth-order valence-corrected chi connectivity index (χ4v) is 5.97. The Hall–Kier alpha value is -2.72. The molecule has 37 heavy (non-hydrogen) atoms. The van der Waals surface area contributed by atoms with Gasteiger partial charge in [0.2, 0.25) is 17.7 Å². The molecule has 1 aromatic carbocycles. The second kappa shape index (κ2) is 9.23. The van der Waals surface area contributed by atoms with Gasteiger partial charge in [-0.05, 0) is 68.6 Å². The average molecular weight is 527 g/mol. The van der Waals surface area contributed by atoms with E-state index in [1.807, 2.05) is 0 Å². The number of halogens is 5. The van der Waals surface area contributed by atoms with Gasteiger partial charge in [-0.1, -0.05) is 6.07 Å². The van der Waals surface area contributed by atoms with E-state index in [0.717, 1.165) is 19.3 Å². The smallest absolute Gasteiger partial charge is 0.350 e. The predicted octanol–water partition coefficient (Wildman–Crippen LogP) is 5.87. The molecule has 0 saturated heterocycles. The number of hydrogen-bond acceptors (Lipinski definition) is 3. The Balaban J connectivity index is 1.33.